The van der Waals surface area contributed by atoms with Gasteiger partial charge in [0.1, 0.15) is 6.04 Å². The van der Waals surface area contributed by atoms with Gasteiger partial charge in [-0.25, -0.2) is 0 Å². The van der Waals surface area contributed by atoms with Crippen LogP contribution in [0.5, 0.6) is 0 Å². The number of rotatable bonds is 7. The van der Waals surface area contributed by atoms with Crippen LogP contribution in [-0.4, -0.2) is 46.0 Å². The summed E-state index contributed by atoms with van der Waals surface area (Å²) in [6.07, 6.45) is 2.03. The lowest BCUT2D eigenvalue weighted by atomic mass is 10.0. The SMILES string of the molecule is CC(C)C[C@H](N)C(=O)NC(C)C(N)=O.O=C(O)C1CCC2C(C(=O)O)C12. The number of hydrogen-bond acceptors (Lipinski definition) is 5. The Hall–Kier alpha value is -2.16. The smallest absolute Gasteiger partial charge is 0.307 e. The van der Waals surface area contributed by atoms with E-state index in [1.54, 1.807) is 0 Å². The summed E-state index contributed by atoms with van der Waals surface area (Å²) in [6, 6.07) is -1.24. The second kappa shape index (κ2) is 8.98. The predicted molar refractivity (Wildman–Crippen MR) is 92.7 cm³/mol. The predicted octanol–water partition coefficient (Wildman–Crippen LogP) is -0.222. The van der Waals surface area contributed by atoms with Crippen LogP contribution < -0.4 is 16.8 Å². The molecule has 0 spiro atoms. The molecule has 0 aromatic rings. The van der Waals surface area contributed by atoms with E-state index in [0.29, 0.717) is 18.8 Å². The fourth-order valence-corrected chi connectivity index (χ4v) is 3.53. The number of hydrogen-bond donors (Lipinski definition) is 5. The van der Waals surface area contributed by atoms with Crippen LogP contribution in [0.2, 0.25) is 0 Å². The molecule has 0 aromatic carbocycles. The number of fused-ring (bicyclic) bond motifs is 1. The van der Waals surface area contributed by atoms with E-state index in [9.17, 15) is 19.2 Å². The van der Waals surface area contributed by atoms with Gasteiger partial charge in [0.2, 0.25) is 11.8 Å². The van der Waals surface area contributed by atoms with Gasteiger partial charge < -0.3 is 27.0 Å². The molecule has 2 aliphatic carbocycles. The highest BCUT2D eigenvalue weighted by Gasteiger charge is 2.63. The molecule has 0 radical (unpaired) electrons. The zero-order chi connectivity index (χ0) is 20.2. The number of nitrogens with one attached hydrogen (secondary N) is 1. The van der Waals surface area contributed by atoms with Crippen molar-refractivity contribution in [1.29, 1.82) is 0 Å². The first kappa shape index (κ1) is 21.9. The molecule has 0 heterocycles. The molecule has 0 saturated heterocycles. The third-order valence-electron chi connectivity index (χ3n) is 4.96. The van der Waals surface area contributed by atoms with E-state index in [1.807, 2.05) is 13.8 Å². The normalized spacial score (nSPS) is 28.2. The van der Waals surface area contributed by atoms with E-state index < -0.39 is 35.8 Å². The van der Waals surface area contributed by atoms with Gasteiger partial charge in [-0.3, -0.25) is 19.2 Å². The fraction of sp³-hybridized carbons (Fsp3) is 0.765. The highest BCUT2D eigenvalue weighted by atomic mass is 16.4. The van der Waals surface area contributed by atoms with E-state index in [2.05, 4.69) is 5.32 Å². The van der Waals surface area contributed by atoms with Crippen LogP contribution in [0.25, 0.3) is 0 Å². The Morgan fingerprint density at radius 1 is 1.08 bits per heavy atom. The Bertz CT molecular complexity index is 565. The Balaban J connectivity index is 0.000000262. The van der Waals surface area contributed by atoms with Crippen molar-refractivity contribution < 1.29 is 29.4 Å². The maximum Gasteiger partial charge on any atom is 0.307 e. The number of amides is 2. The summed E-state index contributed by atoms with van der Waals surface area (Å²) in [5.41, 5.74) is 10.6. The largest absolute Gasteiger partial charge is 0.481 e. The van der Waals surface area contributed by atoms with Gasteiger partial charge in [0.15, 0.2) is 0 Å². The molecule has 9 heteroatoms. The van der Waals surface area contributed by atoms with E-state index in [4.69, 9.17) is 21.7 Å². The molecule has 5 unspecified atom stereocenters. The van der Waals surface area contributed by atoms with E-state index >= 15 is 0 Å². The number of carboxylic acid groups (broad SMARTS) is 2. The first-order valence-corrected chi connectivity index (χ1v) is 8.78. The van der Waals surface area contributed by atoms with Crippen LogP contribution in [0.15, 0.2) is 0 Å². The highest BCUT2D eigenvalue weighted by molar-refractivity contribution is 5.88. The molecule has 0 aromatic heterocycles. The molecule has 9 nitrogen and oxygen atoms in total. The minimum absolute atomic E-state index is 0.0694. The van der Waals surface area contributed by atoms with Crippen LogP contribution >= 0.6 is 0 Å². The molecule has 0 aliphatic heterocycles. The van der Waals surface area contributed by atoms with Crippen LogP contribution in [0.1, 0.15) is 40.0 Å². The van der Waals surface area contributed by atoms with Crippen LogP contribution in [-0.2, 0) is 19.2 Å². The van der Waals surface area contributed by atoms with E-state index in [1.165, 1.54) is 6.92 Å². The van der Waals surface area contributed by atoms with Gasteiger partial charge in [0, 0.05) is 0 Å². The molecule has 2 aliphatic rings. The number of carbonyl (C=O) groups is 4. The first-order valence-electron chi connectivity index (χ1n) is 8.78. The summed E-state index contributed by atoms with van der Waals surface area (Å²) < 4.78 is 0. The zero-order valence-corrected chi connectivity index (χ0v) is 15.3. The third kappa shape index (κ3) is 5.69. The van der Waals surface area contributed by atoms with Gasteiger partial charge in [-0.05, 0) is 43.9 Å². The second-order valence-electron chi connectivity index (χ2n) is 7.50. The molecule has 7 N–H and O–H groups in total. The summed E-state index contributed by atoms with van der Waals surface area (Å²) in [4.78, 5) is 43.2. The quantitative estimate of drug-likeness (QED) is 0.411. The lowest BCUT2D eigenvalue weighted by molar-refractivity contribution is -0.143. The number of primary amides is 1. The molecular formula is C17H29N3O6. The van der Waals surface area contributed by atoms with Gasteiger partial charge >= 0.3 is 11.9 Å². The number of aliphatic carboxylic acids is 2. The van der Waals surface area contributed by atoms with Gasteiger partial charge in [0.25, 0.3) is 0 Å². The molecule has 2 rings (SSSR count). The average Bonchev–Trinajstić information content (AvgIpc) is 3.06. The lowest BCUT2D eigenvalue weighted by Gasteiger charge is -2.16. The van der Waals surface area contributed by atoms with Crippen molar-refractivity contribution in [2.24, 2.45) is 41.1 Å². The highest BCUT2D eigenvalue weighted by Crippen LogP contribution is 2.60. The van der Waals surface area contributed by atoms with Crippen molar-refractivity contribution in [2.45, 2.75) is 52.1 Å². The minimum atomic E-state index is -0.828. The Labute approximate surface area is 152 Å². The van der Waals surface area contributed by atoms with Crippen molar-refractivity contribution in [3.8, 4) is 0 Å². The van der Waals surface area contributed by atoms with Gasteiger partial charge in [-0.2, -0.15) is 0 Å². The van der Waals surface area contributed by atoms with Crippen molar-refractivity contribution in [3.05, 3.63) is 0 Å². The fourth-order valence-electron chi connectivity index (χ4n) is 3.53. The van der Waals surface area contributed by atoms with Crippen molar-refractivity contribution >= 4 is 23.8 Å². The molecule has 2 amide bonds. The maximum atomic E-state index is 11.3. The topological polar surface area (TPSA) is 173 Å². The Morgan fingerprint density at radius 3 is 2.04 bits per heavy atom. The lowest BCUT2D eigenvalue weighted by Crippen LogP contribution is -2.49. The summed E-state index contributed by atoms with van der Waals surface area (Å²) in [5.74, 6) is -2.86. The summed E-state index contributed by atoms with van der Waals surface area (Å²) in [5, 5.41) is 19.8. The van der Waals surface area contributed by atoms with Gasteiger partial charge in [-0.15, -0.1) is 0 Å². The molecule has 2 fully saturated rings. The summed E-state index contributed by atoms with van der Waals surface area (Å²) in [7, 11) is 0. The second-order valence-corrected chi connectivity index (χ2v) is 7.50. The van der Waals surface area contributed by atoms with Gasteiger partial charge in [-0.1, -0.05) is 13.8 Å². The average molecular weight is 371 g/mol. The molecule has 26 heavy (non-hydrogen) atoms. The molecule has 6 atom stereocenters. The Kier molecular flexibility index (Phi) is 7.55. The van der Waals surface area contributed by atoms with Crippen molar-refractivity contribution in [3.63, 3.8) is 0 Å². The monoisotopic (exact) mass is 371 g/mol. The van der Waals surface area contributed by atoms with E-state index in [0.717, 1.165) is 6.42 Å². The molecule has 148 valence electrons. The zero-order valence-electron chi connectivity index (χ0n) is 15.3. The Morgan fingerprint density at radius 2 is 1.65 bits per heavy atom. The molecular weight excluding hydrogens is 342 g/mol. The van der Waals surface area contributed by atoms with Crippen LogP contribution in [0.3, 0.4) is 0 Å². The maximum absolute atomic E-state index is 11.3. The first-order chi connectivity index (χ1) is 12.0. The summed E-state index contributed by atoms with van der Waals surface area (Å²) in [6.45, 7) is 5.48. The van der Waals surface area contributed by atoms with E-state index in [-0.39, 0.29) is 23.7 Å². The standard InChI is InChI=1S/C9H19N3O2.C8H10O4/c1-5(2)4-7(10)9(14)12-6(3)8(11)13;9-7(10)4-2-1-3-5(4)6(3)8(11)12/h5-7H,4,10H2,1-3H3,(H2,11,13)(H,12,14);3-6H,1-2H2,(H,9,10)(H,11,12)/t6?,7-;/m0./s1. The molecule has 0 bridgehead atoms. The summed E-state index contributed by atoms with van der Waals surface area (Å²) >= 11 is 0. The number of carbonyl (C=O) groups excluding carboxylic acids is 2. The van der Waals surface area contributed by atoms with Crippen molar-refractivity contribution in [1.82, 2.24) is 5.32 Å². The van der Waals surface area contributed by atoms with Crippen LogP contribution in [0.4, 0.5) is 0 Å². The van der Waals surface area contributed by atoms with Gasteiger partial charge in [0.05, 0.1) is 17.9 Å². The third-order valence-corrected chi connectivity index (χ3v) is 4.96. The van der Waals surface area contributed by atoms with Crippen molar-refractivity contribution in [2.75, 3.05) is 0 Å². The number of nitrogens with two attached hydrogens (primary N) is 2. The number of carboxylic acids is 2. The van der Waals surface area contributed by atoms with Crippen LogP contribution in [0, 0.1) is 29.6 Å². The molecule has 2 saturated carbocycles. The minimum Gasteiger partial charge on any atom is -0.481 e.